The largest absolute Gasteiger partial charge is 0.322 e. The van der Waals surface area contributed by atoms with Crippen molar-refractivity contribution in [3.8, 4) is 0 Å². The Balaban J connectivity index is 2.13. The van der Waals surface area contributed by atoms with E-state index in [4.69, 9.17) is 17.3 Å². The number of halogens is 2. The molecule has 1 aromatic carbocycles. The molecule has 19 heavy (non-hydrogen) atoms. The fourth-order valence-electron chi connectivity index (χ4n) is 1.37. The van der Waals surface area contributed by atoms with Gasteiger partial charge in [0.2, 0.25) is 0 Å². The summed E-state index contributed by atoms with van der Waals surface area (Å²) in [5.74, 6) is -1.00. The summed E-state index contributed by atoms with van der Waals surface area (Å²) in [6.07, 6.45) is 0. The lowest BCUT2D eigenvalue weighted by Crippen LogP contribution is -2.13. The molecule has 0 radical (unpaired) electrons. The van der Waals surface area contributed by atoms with Crippen molar-refractivity contribution < 1.29 is 9.18 Å². The summed E-state index contributed by atoms with van der Waals surface area (Å²) in [5.41, 5.74) is 6.25. The molecule has 3 N–H and O–H groups in total. The van der Waals surface area contributed by atoms with E-state index in [1.165, 1.54) is 23.5 Å². The number of nitrogens with one attached hydrogen (secondary N) is 1. The van der Waals surface area contributed by atoms with Gasteiger partial charge in [0.1, 0.15) is 16.5 Å². The second kappa shape index (κ2) is 5.64. The van der Waals surface area contributed by atoms with Gasteiger partial charge in [-0.2, -0.15) is 0 Å². The lowest BCUT2D eigenvalue weighted by atomic mass is 10.3. The van der Waals surface area contributed by atoms with Crippen molar-refractivity contribution in [2.24, 2.45) is 5.73 Å². The standard InChI is InChI=1S/C12H11ClFN3OS/c1-6(15)12-17-10(5-19-12)11(18)16-7-2-3-8(13)9(14)4-7/h2-6H,15H2,1H3,(H,16,18). The maximum Gasteiger partial charge on any atom is 0.275 e. The van der Waals surface area contributed by atoms with Crippen molar-refractivity contribution in [1.82, 2.24) is 4.98 Å². The topological polar surface area (TPSA) is 68.0 Å². The molecule has 0 aliphatic rings. The summed E-state index contributed by atoms with van der Waals surface area (Å²) < 4.78 is 13.2. The van der Waals surface area contributed by atoms with Crippen molar-refractivity contribution >= 4 is 34.5 Å². The van der Waals surface area contributed by atoms with E-state index in [2.05, 4.69) is 10.3 Å². The predicted octanol–water partition coefficient (Wildman–Crippen LogP) is 3.21. The molecule has 2 rings (SSSR count). The first-order valence-electron chi connectivity index (χ1n) is 5.45. The van der Waals surface area contributed by atoms with Crippen LogP contribution in [0.25, 0.3) is 0 Å². The molecular weight excluding hydrogens is 289 g/mol. The summed E-state index contributed by atoms with van der Waals surface area (Å²) in [5, 5.41) is 4.83. The van der Waals surface area contributed by atoms with Crippen LogP contribution in [-0.2, 0) is 0 Å². The molecule has 0 saturated carbocycles. The van der Waals surface area contributed by atoms with E-state index < -0.39 is 11.7 Å². The van der Waals surface area contributed by atoms with Gasteiger partial charge in [-0.15, -0.1) is 11.3 Å². The van der Waals surface area contributed by atoms with E-state index in [0.717, 1.165) is 6.07 Å². The minimum Gasteiger partial charge on any atom is -0.322 e. The van der Waals surface area contributed by atoms with Crippen LogP contribution in [0.3, 0.4) is 0 Å². The van der Waals surface area contributed by atoms with Crippen LogP contribution in [0.1, 0.15) is 28.5 Å². The highest BCUT2D eigenvalue weighted by Crippen LogP contribution is 2.20. The van der Waals surface area contributed by atoms with Gasteiger partial charge in [-0.05, 0) is 25.1 Å². The smallest absolute Gasteiger partial charge is 0.275 e. The molecule has 1 aromatic heterocycles. The number of anilines is 1. The number of nitrogens with two attached hydrogens (primary N) is 1. The summed E-state index contributed by atoms with van der Waals surface area (Å²) in [4.78, 5) is 16.0. The molecule has 0 aliphatic carbocycles. The predicted molar refractivity (Wildman–Crippen MR) is 74.1 cm³/mol. The molecule has 0 bridgehead atoms. The molecule has 1 atom stereocenters. The summed E-state index contributed by atoms with van der Waals surface area (Å²) in [6, 6.07) is 3.82. The van der Waals surface area contributed by atoms with E-state index in [1.54, 1.807) is 12.3 Å². The van der Waals surface area contributed by atoms with Crippen molar-refractivity contribution in [2.45, 2.75) is 13.0 Å². The van der Waals surface area contributed by atoms with Crippen LogP contribution in [0, 0.1) is 5.82 Å². The number of hydrogen-bond acceptors (Lipinski definition) is 4. The van der Waals surface area contributed by atoms with Crippen LogP contribution in [0.2, 0.25) is 5.02 Å². The normalized spacial score (nSPS) is 12.2. The van der Waals surface area contributed by atoms with Gasteiger partial charge < -0.3 is 11.1 Å². The molecule has 0 fully saturated rings. The van der Waals surface area contributed by atoms with Crippen molar-refractivity contribution in [1.29, 1.82) is 0 Å². The Bertz CT molecular complexity index is 615. The minimum absolute atomic E-state index is 0.00546. The fraction of sp³-hybridized carbons (Fsp3) is 0.167. The average Bonchev–Trinajstić information content (AvgIpc) is 2.83. The van der Waals surface area contributed by atoms with E-state index >= 15 is 0 Å². The highest BCUT2D eigenvalue weighted by atomic mass is 35.5. The van der Waals surface area contributed by atoms with Crippen molar-refractivity contribution in [2.75, 3.05) is 5.32 Å². The summed E-state index contributed by atoms with van der Waals surface area (Å²) in [6.45, 7) is 1.79. The molecule has 4 nitrogen and oxygen atoms in total. The molecular formula is C12H11ClFN3OS. The van der Waals surface area contributed by atoms with Crippen LogP contribution in [0.4, 0.5) is 10.1 Å². The average molecular weight is 300 g/mol. The third-order valence-corrected chi connectivity index (χ3v) is 3.67. The lowest BCUT2D eigenvalue weighted by Gasteiger charge is -2.04. The van der Waals surface area contributed by atoms with E-state index in [-0.39, 0.29) is 16.8 Å². The first-order chi connectivity index (χ1) is 8.97. The van der Waals surface area contributed by atoms with Gasteiger partial charge in [0.05, 0.1) is 11.1 Å². The van der Waals surface area contributed by atoms with Gasteiger partial charge in [0.25, 0.3) is 5.91 Å². The first-order valence-corrected chi connectivity index (χ1v) is 6.70. The van der Waals surface area contributed by atoms with Crippen LogP contribution >= 0.6 is 22.9 Å². The third-order valence-electron chi connectivity index (χ3n) is 2.32. The minimum atomic E-state index is -0.589. The second-order valence-corrected chi connectivity index (χ2v) is 5.24. The number of thiazole rings is 1. The first kappa shape index (κ1) is 13.9. The van der Waals surface area contributed by atoms with Crippen LogP contribution in [0.15, 0.2) is 23.6 Å². The quantitative estimate of drug-likeness (QED) is 0.914. The number of rotatable bonds is 3. The fourth-order valence-corrected chi connectivity index (χ4v) is 2.25. The maximum atomic E-state index is 13.2. The highest BCUT2D eigenvalue weighted by molar-refractivity contribution is 7.09. The van der Waals surface area contributed by atoms with Gasteiger partial charge in [0, 0.05) is 11.1 Å². The van der Waals surface area contributed by atoms with Gasteiger partial charge in [-0.3, -0.25) is 4.79 Å². The Hall–Kier alpha value is -1.50. The molecule has 1 amide bonds. The van der Waals surface area contributed by atoms with Gasteiger partial charge in [-0.1, -0.05) is 11.6 Å². The molecule has 0 saturated heterocycles. The monoisotopic (exact) mass is 299 g/mol. The molecule has 100 valence electrons. The van der Waals surface area contributed by atoms with Gasteiger partial charge in [0.15, 0.2) is 0 Å². The molecule has 0 aliphatic heterocycles. The van der Waals surface area contributed by atoms with Crippen LogP contribution in [0.5, 0.6) is 0 Å². The third kappa shape index (κ3) is 3.28. The highest BCUT2D eigenvalue weighted by Gasteiger charge is 2.13. The van der Waals surface area contributed by atoms with E-state index in [1.807, 2.05) is 0 Å². The van der Waals surface area contributed by atoms with Crippen LogP contribution in [-0.4, -0.2) is 10.9 Å². The maximum absolute atomic E-state index is 13.2. The number of benzene rings is 1. The Labute approximate surface area is 118 Å². The Morgan fingerprint density at radius 2 is 2.32 bits per heavy atom. The van der Waals surface area contributed by atoms with Crippen LogP contribution < -0.4 is 11.1 Å². The molecule has 0 spiro atoms. The Kier molecular flexibility index (Phi) is 4.14. The molecule has 7 heteroatoms. The zero-order valence-electron chi connectivity index (χ0n) is 9.98. The van der Waals surface area contributed by atoms with E-state index in [0.29, 0.717) is 10.7 Å². The number of nitrogens with zero attached hydrogens (tertiary/aromatic N) is 1. The van der Waals surface area contributed by atoms with Gasteiger partial charge >= 0.3 is 0 Å². The number of hydrogen-bond donors (Lipinski definition) is 2. The number of aromatic nitrogens is 1. The Morgan fingerprint density at radius 1 is 1.58 bits per heavy atom. The summed E-state index contributed by atoms with van der Waals surface area (Å²) >= 11 is 6.87. The number of amides is 1. The van der Waals surface area contributed by atoms with Gasteiger partial charge in [-0.25, -0.2) is 9.37 Å². The lowest BCUT2D eigenvalue weighted by molar-refractivity contribution is 0.102. The number of carbonyl (C=O) groups excluding carboxylic acids is 1. The Morgan fingerprint density at radius 3 is 2.89 bits per heavy atom. The second-order valence-electron chi connectivity index (χ2n) is 3.94. The molecule has 2 aromatic rings. The molecule has 1 unspecified atom stereocenters. The van der Waals surface area contributed by atoms with Crippen molar-refractivity contribution in [3.05, 3.63) is 45.1 Å². The summed E-state index contributed by atoms with van der Waals surface area (Å²) in [7, 11) is 0. The number of carbonyl (C=O) groups is 1. The van der Waals surface area contributed by atoms with E-state index in [9.17, 15) is 9.18 Å². The molecule has 1 heterocycles. The zero-order valence-corrected chi connectivity index (χ0v) is 11.6. The zero-order chi connectivity index (χ0) is 14.0. The van der Waals surface area contributed by atoms with Crippen molar-refractivity contribution in [3.63, 3.8) is 0 Å². The SMILES string of the molecule is CC(N)c1nc(C(=O)Nc2ccc(Cl)c(F)c2)cs1.